The van der Waals surface area contributed by atoms with Crippen molar-refractivity contribution in [3.05, 3.63) is 113 Å². The highest BCUT2D eigenvalue weighted by Gasteiger charge is 2.35. The van der Waals surface area contributed by atoms with Crippen molar-refractivity contribution in [3.63, 3.8) is 0 Å². The highest BCUT2D eigenvalue weighted by atomic mass is 32.2. The van der Waals surface area contributed by atoms with Crippen molar-refractivity contribution in [3.8, 4) is 0 Å². The topological polar surface area (TPSA) is 61.4 Å². The smallest absolute Gasteiger partial charge is 0.261 e. The number of carbonyl (C=O) groups excluding carboxylic acids is 1. The minimum absolute atomic E-state index is 0.0844. The van der Waals surface area contributed by atoms with E-state index < -0.39 is 0 Å². The van der Waals surface area contributed by atoms with E-state index in [2.05, 4.69) is 24.0 Å². The van der Waals surface area contributed by atoms with E-state index >= 15 is 0 Å². The molecule has 2 aliphatic rings. The van der Waals surface area contributed by atoms with E-state index in [1.54, 1.807) is 17.8 Å². The van der Waals surface area contributed by atoms with Crippen LogP contribution in [0.15, 0.2) is 101 Å². The zero-order valence-electron chi connectivity index (χ0n) is 21.9. The lowest BCUT2D eigenvalue weighted by Crippen LogP contribution is -2.29. The van der Waals surface area contributed by atoms with Crippen molar-refractivity contribution in [2.45, 2.75) is 49.3 Å². The first kappa shape index (κ1) is 29.8. The van der Waals surface area contributed by atoms with Gasteiger partial charge in [-0.15, -0.1) is 23.1 Å². The maximum absolute atomic E-state index is 13.7. The zero-order valence-corrected chi connectivity index (χ0v) is 23.6. The average Bonchev–Trinajstić information content (AvgIpc) is 3.16. The molecule has 0 aliphatic heterocycles. The fourth-order valence-corrected chi connectivity index (χ4v) is 7.09. The SMILES string of the molecule is C=C/C=C\C(=C)CSc1sc(C(=O)NCC/C=C\C=C/C)c2c1C(NO)CC(CC1=CC=C(F)CC=C1)C2. The zero-order chi connectivity index (χ0) is 27.3. The van der Waals surface area contributed by atoms with Gasteiger partial charge in [-0.2, -0.15) is 5.48 Å². The van der Waals surface area contributed by atoms with E-state index in [0.717, 1.165) is 52.2 Å². The lowest BCUT2D eigenvalue weighted by atomic mass is 9.79. The highest BCUT2D eigenvalue weighted by molar-refractivity contribution is 8.01. The van der Waals surface area contributed by atoms with Gasteiger partial charge in [0.2, 0.25) is 0 Å². The molecule has 202 valence electrons. The van der Waals surface area contributed by atoms with Gasteiger partial charge in [-0.25, -0.2) is 4.39 Å². The highest BCUT2D eigenvalue weighted by Crippen LogP contribution is 2.47. The van der Waals surface area contributed by atoms with Crippen molar-refractivity contribution in [2.75, 3.05) is 12.3 Å². The molecule has 4 nitrogen and oxygen atoms in total. The van der Waals surface area contributed by atoms with E-state index in [-0.39, 0.29) is 23.7 Å². The first-order valence-electron chi connectivity index (χ1n) is 12.9. The fourth-order valence-electron chi connectivity index (χ4n) is 4.56. The van der Waals surface area contributed by atoms with E-state index in [4.69, 9.17) is 0 Å². The molecule has 0 saturated carbocycles. The summed E-state index contributed by atoms with van der Waals surface area (Å²) in [5.74, 6) is 0.635. The summed E-state index contributed by atoms with van der Waals surface area (Å²) in [4.78, 5) is 14.0. The Labute approximate surface area is 234 Å². The van der Waals surface area contributed by atoms with Gasteiger partial charge < -0.3 is 10.5 Å². The van der Waals surface area contributed by atoms with Gasteiger partial charge in [0.25, 0.3) is 5.91 Å². The second-order valence-electron chi connectivity index (χ2n) is 9.30. The number of allylic oxidation sites excluding steroid dienone is 12. The number of hydrogen-bond donors (Lipinski definition) is 3. The molecule has 0 bridgehead atoms. The van der Waals surface area contributed by atoms with Crippen LogP contribution in [0.3, 0.4) is 0 Å². The summed E-state index contributed by atoms with van der Waals surface area (Å²) >= 11 is 3.13. The molecular formula is C31H37FN2O2S2. The van der Waals surface area contributed by atoms with Gasteiger partial charge in [0.05, 0.1) is 15.1 Å². The van der Waals surface area contributed by atoms with Crippen molar-refractivity contribution in [2.24, 2.45) is 5.92 Å². The average molecular weight is 553 g/mol. The maximum atomic E-state index is 13.7. The predicted molar refractivity (Wildman–Crippen MR) is 160 cm³/mol. The fraction of sp³-hybridized carbons (Fsp3) is 0.323. The number of fused-ring (bicyclic) bond motifs is 1. The molecule has 1 aromatic rings. The standard InChI is InChI=1S/C31H37FN2O2S2/c1-4-6-8-9-10-17-33-30(35)29-26-19-24(18-23-13-11-14-25(32)16-15-23)20-27(34-36)28(26)31(38-29)37-21-22(3)12-7-5-2/h4-9,11-13,15-16,24,27,34,36H,2-3,10,14,17-21H2,1H3,(H,33,35)/b6-4-,9-8-,12-7-. The molecule has 3 N–H and O–H groups in total. The largest absolute Gasteiger partial charge is 0.351 e. The Balaban J connectivity index is 1.85. The molecular weight excluding hydrogens is 515 g/mol. The number of thiophene rings is 1. The number of thioether (sulfide) groups is 1. The number of rotatable bonds is 13. The number of nitrogens with one attached hydrogen (secondary N) is 2. The van der Waals surface area contributed by atoms with Gasteiger partial charge in [-0.3, -0.25) is 4.79 Å². The Morgan fingerprint density at radius 3 is 2.92 bits per heavy atom. The van der Waals surface area contributed by atoms with E-state index in [0.29, 0.717) is 23.6 Å². The molecule has 2 atom stereocenters. The van der Waals surface area contributed by atoms with E-state index in [1.165, 1.54) is 17.4 Å². The lowest BCUT2D eigenvalue weighted by molar-refractivity contribution is 0.0951. The Kier molecular flexibility index (Phi) is 12.3. The van der Waals surface area contributed by atoms with Crippen LogP contribution in [0.25, 0.3) is 0 Å². The minimum Gasteiger partial charge on any atom is -0.351 e. The molecule has 1 amide bonds. The molecule has 0 aromatic carbocycles. The summed E-state index contributed by atoms with van der Waals surface area (Å²) in [5.41, 5.74) is 6.53. The summed E-state index contributed by atoms with van der Waals surface area (Å²) in [6, 6.07) is -0.285. The Bertz CT molecular complexity index is 1190. The predicted octanol–water partition coefficient (Wildman–Crippen LogP) is 8.10. The number of amides is 1. The number of halogens is 1. The second-order valence-corrected chi connectivity index (χ2v) is 11.6. The number of hydrogen-bond acceptors (Lipinski definition) is 5. The quantitative estimate of drug-likeness (QED) is 0.100. The van der Waals surface area contributed by atoms with Gasteiger partial charge in [-0.1, -0.05) is 73.9 Å². The first-order chi connectivity index (χ1) is 18.5. The van der Waals surface area contributed by atoms with Crippen molar-refractivity contribution < 1.29 is 14.4 Å². The summed E-state index contributed by atoms with van der Waals surface area (Å²) in [5, 5.41) is 13.2. The summed E-state index contributed by atoms with van der Waals surface area (Å²) in [6.45, 7) is 10.3. The lowest BCUT2D eigenvalue weighted by Gasteiger charge is -2.30. The van der Waals surface area contributed by atoms with Gasteiger partial charge in [0.15, 0.2) is 0 Å². The van der Waals surface area contributed by atoms with Crippen molar-refractivity contribution in [1.82, 2.24) is 10.8 Å². The molecule has 2 unspecified atom stereocenters. The van der Waals surface area contributed by atoms with Crippen molar-refractivity contribution in [1.29, 1.82) is 0 Å². The van der Waals surface area contributed by atoms with Crippen LogP contribution < -0.4 is 10.8 Å². The molecule has 1 heterocycles. The monoisotopic (exact) mass is 552 g/mol. The summed E-state index contributed by atoms with van der Waals surface area (Å²) in [6.07, 6.45) is 23.9. The van der Waals surface area contributed by atoms with Crippen LogP contribution in [0.4, 0.5) is 4.39 Å². The van der Waals surface area contributed by atoms with Crippen LogP contribution in [-0.4, -0.2) is 23.4 Å². The minimum atomic E-state index is -0.285. The van der Waals surface area contributed by atoms with Crippen LogP contribution in [-0.2, 0) is 6.42 Å². The number of hydroxylamine groups is 1. The summed E-state index contributed by atoms with van der Waals surface area (Å²) < 4.78 is 14.7. The molecule has 0 fully saturated rings. The Morgan fingerprint density at radius 2 is 2.16 bits per heavy atom. The summed E-state index contributed by atoms with van der Waals surface area (Å²) in [7, 11) is 0. The first-order valence-corrected chi connectivity index (χ1v) is 14.7. The van der Waals surface area contributed by atoms with Crippen LogP contribution in [0, 0.1) is 5.92 Å². The molecule has 0 spiro atoms. The third-order valence-corrected chi connectivity index (χ3v) is 8.97. The van der Waals surface area contributed by atoms with Gasteiger partial charge in [0.1, 0.15) is 5.83 Å². The van der Waals surface area contributed by atoms with Crippen LogP contribution in [0.5, 0.6) is 0 Å². The second kappa shape index (κ2) is 15.6. The molecule has 2 aliphatic carbocycles. The molecule has 1 aromatic heterocycles. The van der Waals surface area contributed by atoms with Crippen LogP contribution in [0.1, 0.15) is 59.4 Å². The molecule has 0 saturated heterocycles. The third-order valence-electron chi connectivity index (χ3n) is 6.33. The van der Waals surface area contributed by atoms with Gasteiger partial charge >= 0.3 is 0 Å². The molecule has 38 heavy (non-hydrogen) atoms. The van der Waals surface area contributed by atoms with Gasteiger partial charge in [-0.05, 0) is 66.9 Å². The Hall–Kier alpha value is -2.71. The van der Waals surface area contributed by atoms with E-state index in [9.17, 15) is 14.4 Å². The molecule has 7 heteroatoms. The van der Waals surface area contributed by atoms with Crippen LogP contribution in [0.2, 0.25) is 0 Å². The van der Waals surface area contributed by atoms with Crippen molar-refractivity contribution >= 4 is 29.0 Å². The molecule has 0 radical (unpaired) electrons. The normalized spacial score (nSPS) is 19.4. The van der Waals surface area contributed by atoms with Crippen LogP contribution >= 0.6 is 23.1 Å². The molecule has 3 rings (SSSR count). The third kappa shape index (κ3) is 8.67. The Morgan fingerprint density at radius 1 is 1.32 bits per heavy atom. The maximum Gasteiger partial charge on any atom is 0.261 e. The van der Waals surface area contributed by atoms with Gasteiger partial charge in [0, 0.05) is 18.7 Å². The van der Waals surface area contributed by atoms with E-state index in [1.807, 2.05) is 61.6 Å². The number of carbonyl (C=O) groups is 1.